The van der Waals surface area contributed by atoms with Gasteiger partial charge in [-0.1, -0.05) is 12.1 Å². The fraction of sp³-hybridized carbons (Fsp3) is 0.364. The van der Waals surface area contributed by atoms with Crippen LogP contribution in [0.4, 0.5) is 11.5 Å². The topological polar surface area (TPSA) is 120 Å². The van der Waals surface area contributed by atoms with E-state index in [1.807, 2.05) is 23.1 Å². The van der Waals surface area contributed by atoms with E-state index in [1.54, 1.807) is 24.4 Å². The second-order valence-electron chi connectivity index (χ2n) is 7.82. The van der Waals surface area contributed by atoms with Crippen molar-refractivity contribution >= 4 is 39.3 Å². The number of sulfonamides is 1. The van der Waals surface area contributed by atoms with Crippen LogP contribution in [0.5, 0.6) is 0 Å². The minimum Gasteiger partial charge on any atom is -0.354 e. The van der Waals surface area contributed by atoms with E-state index in [-0.39, 0.29) is 42.5 Å². The molecule has 3 heterocycles. The molecule has 1 aromatic heterocycles. The van der Waals surface area contributed by atoms with Gasteiger partial charge in [-0.25, -0.2) is 13.4 Å². The molecule has 2 aliphatic heterocycles. The van der Waals surface area contributed by atoms with Crippen LogP contribution in [-0.4, -0.2) is 73.9 Å². The molecule has 11 heteroatoms. The van der Waals surface area contributed by atoms with Gasteiger partial charge in [0.25, 0.3) is 5.91 Å². The van der Waals surface area contributed by atoms with E-state index < -0.39 is 15.9 Å². The summed E-state index contributed by atoms with van der Waals surface area (Å²) in [5.41, 5.74) is 0.593. The Kier molecular flexibility index (Phi) is 6.70. The number of rotatable bonds is 7. The predicted octanol–water partition coefficient (Wildman–Crippen LogP) is 0.617. The van der Waals surface area contributed by atoms with Gasteiger partial charge in [0.1, 0.15) is 5.82 Å². The molecular formula is C22H25N5O5S. The summed E-state index contributed by atoms with van der Waals surface area (Å²) in [6.45, 7) is 1.75. The Balaban J connectivity index is 1.29. The molecule has 1 N–H and O–H groups in total. The maximum Gasteiger partial charge on any atom is 0.251 e. The lowest BCUT2D eigenvalue weighted by atomic mass is 10.1. The lowest BCUT2D eigenvalue weighted by Crippen LogP contribution is -2.50. The first-order valence-corrected chi connectivity index (χ1v) is 12.3. The van der Waals surface area contributed by atoms with Gasteiger partial charge in [0.15, 0.2) is 0 Å². The van der Waals surface area contributed by atoms with Crippen molar-refractivity contribution in [1.82, 2.24) is 14.6 Å². The third-order valence-corrected chi connectivity index (χ3v) is 7.54. The SMILES string of the molecule is O=C(NCCS(=O)(=O)N1CCN(c2ccccn2)CC1)c1cccc(N2C(=O)CCC2=O)c1. The Morgan fingerprint density at radius 1 is 0.970 bits per heavy atom. The lowest BCUT2D eigenvalue weighted by molar-refractivity contribution is -0.121. The number of imide groups is 1. The van der Waals surface area contributed by atoms with Crippen molar-refractivity contribution < 1.29 is 22.8 Å². The summed E-state index contributed by atoms with van der Waals surface area (Å²) in [4.78, 5) is 43.8. The molecule has 0 aliphatic carbocycles. The maximum absolute atomic E-state index is 12.7. The number of amides is 3. The second kappa shape index (κ2) is 9.67. The minimum absolute atomic E-state index is 0.0482. The van der Waals surface area contributed by atoms with Crippen LogP contribution in [0.15, 0.2) is 48.7 Å². The van der Waals surface area contributed by atoms with E-state index in [1.165, 1.54) is 10.4 Å². The molecule has 1 aromatic carbocycles. The van der Waals surface area contributed by atoms with Crippen molar-refractivity contribution in [2.24, 2.45) is 0 Å². The van der Waals surface area contributed by atoms with Crippen molar-refractivity contribution in [3.63, 3.8) is 0 Å². The highest BCUT2D eigenvalue weighted by Crippen LogP contribution is 2.23. The van der Waals surface area contributed by atoms with E-state index in [0.717, 1.165) is 10.7 Å². The molecule has 2 aliphatic rings. The van der Waals surface area contributed by atoms with Crippen LogP contribution in [0.1, 0.15) is 23.2 Å². The molecular weight excluding hydrogens is 446 g/mol. The third kappa shape index (κ3) is 5.20. The summed E-state index contributed by atoms with van der Waals surface area (Å²) in [5.74, 6) is -0.462. The Labute approximate surface area is 192 Å². The van der Waals surface area contributed by atoms with Crippen molar-refractivity contribution in [3.05, 3.63) is 54.2 Å². The number of carbonyl (C=O) groups excluding carboxylic acids is 3. The molecule has 0 saturated carbocycles. The molecule has 2 aromatic rings. The first-order chi connectivity index (χ1) is 15.8. The highest BCUT2D eigenvalue weighted by Gasteiger charge is 2.31. The van der Waals surface area contributed by atoms with Crippen LogP contribution in [0.2, 0.25) is 0 Å². The summed E-state index contributed by atoms with van der Waals surface area (Å²) < 4.78 is 26.8. The number of pyridine rings is 1. The van der Waals surface area contributed by atoms with Crippen LogP contribution in [-0.2, 0) is 19.6 Å². The summed E-state index contributed by atoms with van der Waals surface area (Å²) >= 11 is 0. The van der Waals surface area contributed by atoms with E-state index in [2.05, 4.69) is 10.3 Å². The predicted molar refractivity (Wildman–Crippen MR) is 122 cm³/mol. The van der Waals surface area contributed by atoms with Crippen molar-refractivity contribution in [1.29, 1.82) is 0 Å². The van der Waals surface area contributed by atoms with Crippen LogP contribution < -0.4 is 15.1 Å². The molecule has 3 amide bonds. The van der Waals surface area contributed by atoms with Gasteiger partial charge in [-0.15, -0.1) is 0 Å². The van der Waals surface area contributed by atoms with Gasteiger partial charge in [0.05, 0.1) is 11.4 Å². The van der Waals surface area contributed by atoms with Gasteiger partial charge < -0.3 is 10.2 Å². The standard InChI is InChI=1S/C22H25N5O5S/c28-20-7-8-21(29)27(20)18-5-3-4-17(16-18)22(30)24-10-15-33(31,32)26-13-11-25(12-14-26)19-6-1-2-9-23-19/h1-6,9,16H,7-8,10-15H2,(H,24,30). The number of hydrogen-bond donors (Lipinski definition) is 1. The number of anilines is 2. The van der Waals surface area contributed by atoms with E-state index >= 15 is 0 Å². The zero-order chi connectivity index (χ0) is 23.4. The smallest absolute Gasteiger partial charge is 0.251 e. The zero-order valence-electron chi connectivity index (χ0n) is 18.0. The van der Waals surface area contributed by atoms with E-state index in [4.69, 9.17) is 0 Å². The summed E-state index contributed by atoms with van der Waals surface area (Å²) in [6.07, 6.45) is 2.02. The zero-order valence-corrected chi connectivity index (χ0v) is 18.8. The molecule has 0 spiro atoms. The number of nitrogens with one attached hydrogen (secondary N) is 1. The Hall–Kier alpha value is -3.31. The summed E-state index contributed by atoms with van der Waals surface area (Å²) in [7, 11) is -3.53. The molecule has 0 unspecified atom stereocenters. The molecule has 0 atom stereocenters. The van der Waals surface area contributed by atoms with Gasteiger partial charge in [-0.2, -0.15) is 4.31 Å². The minimum atomic E-state index is -3.53. The fourth-order valence-corrected chi connectivity index (χ4v) is 5.25. The Morgan fingerprint density at radius 3 is 2.36 bits per heavy atom. The number of benzene rings is 1. The van der Waals surface area contributed by atoms with Crippen LogP contribution in [0.3, 0.4) is 0 Å². The van der Waals surface area contributed by atoms with Crippen molar-refractivity contribution in [2.75, 3.05) is 48.3 Å². The number of piperazine rings is 1. The second-order valence-corrected chi connectivity index (χ2v) is 9.91. The summed E-state index contributed by atoms with van der Waals surface area (Å²) in [6, 6.07) is 11.8. The molecule has 0 radical (unpaired) electrons. The molecule has 174 valence electrons. The fourth-order valence-electron chi connectivity index (χ4n) is 3.91. The molecule has 2 fully saturated rings. The largest absolute Gasteiger partial charge is 0.354 e. The quantitative estimate of drug-likeness (QED) is 0.588. The Morgan fingerprint density at radius 2 is 1.70 bits per heavy atom. The van der Waals surface area contributed by atoms with E-state index in [0.29, 0.717) is 31.9 Å². The monoisotopic (exact) mass is 471 g/mol. The van der Waals surface area contributed by atoms with Gasteiger partial charge >= 0.3 is 0 Å². The average molecular weight is 472 g/mol. The van der Waals surface area contributed by atoms with Gasteiger partial charge in [-0.05, 0) is 30.3 Å². The molecule has 2 saturated heterocycles. The van der Waals surface area contributed by atoms with Gasteiger partial charge in [0, 0.05) is 57.3 Å². The van der Waals surface area contributed by atoms with Gasteiger partial charge in [-0.3, -0.25) is 19.3 Å². The number of carbonyl (C=O) groups is 3. The molecule has 0 bridgehead atoms. The first-order valence-electron chi connectivity index (χ1n) is 10.7. The maximum atomic E-state index is 12.7. The first kappa shape index (κ1) is 22.9. The Bertz CT molecular complexity index is 1130. The third-order valence-electron chi connectivity index (χ3n) is 5.67. The normalized spacial score (nSPS) is 17.5. The van der Waals surface area contributed by atoms with Crippen LogP contribution in [0, 0.1) is 0 Å². The van der Waals surface area contributed by atoms with Crippen molar-refractivity contribution in [3.8, 4) is 0 Å². The average Bonchev–Trinajstić information content (AvgIpc) is 3.17. The van der Waals surface area contributed by atoms with E-state index in [9.17, 15) is 22.8 Å². The molecule has 33 heavy (non-hydrogen) atoms. The number of nitrogens with zero attached hydrogens (tertiary/aromatic N) is 4. The lowest BCUT2D eigenvalue weighted by Gasteiger charge is -2.34. The van der Waals surface area contributed by atoms with Gasteiger partial charge in [0.2, 0.25) is 21.8 Å². The number of hydrogen-bond acceptors (Lipinski definition) is 7. The van der Waals surface area contributed by atoms with Crippen LogP contribution >= 0.6 is 0 Å². The van der Waals surface area contributed by atoms with Crippen molar-refractivity contribution in [2.45, 2.75) is 12.8 Å². The number of aromatic nitrogens is 1. The molecule has 10 nitrogen and oxygen atoms in total. The highest BCUT2D eigenvalue weighted by molar-refractivity contribution is 7.89. The van der Waals surface area contributed by atoms with Crippen LogP contribution in [0.25, 0.3) is 0 Å². The highest BCUT2D eigenvalue weighted by atomic mass is 32.2. The molecule has 4 rings (SSSR count). The summed E-state index contributed by atoms with van der Waals surface area (Å²) in [5, 5.41) is 2.62.